The summed E-state index contributed by atoms with van der Waals surface area (Å²) in [6.07, 6.45) is 0.344. The van der Waals surface area contributed by atoms with Crippen molar-refractivity contribution in [3.63, 3.8) is 0 Å². The van der Waals surface area contributed by atoms with Crippen molar-refractivity contribution < 1.29 is 22.7 Å². The summed E-state index contributed by atoms with van der Waals surface area (Å²) in [5, 5.41) is 2.97. The molecule has 1 N–H and O–H groups in total. The maximum atomic E-state index is 12.0. The number of benzene rings is 1. The molecule has 2 aliphatic rings. The van der Waals surface area contributed by atoms with Crippen molar-refractivity contribution in [3.8, 4) is 11.5 Å². The lowest BCUT2D eigenvalue weighted by atomic mass is 10.1. The van der Waals surface area contributed by atoms with Crippen LogP contribution in [0, 0.1) is 5.92 Å². The van der Waals surface area contributed by atoms with Crippen LogP contribution in [0.5, 0.6) is 11.5 Å². The molecule has 2 heterocycles. The number of anilines is 1. The molecule has 3 rings (SSSR count). The molecule has 1 fully saturated rings. The number of sulfone groups is 1. The zero-order valence-corrected chi connectivity index (χ0v) is 12.0. The Labute approximate surface area is 120 Å². The lowest BCUT2D eigenvalue weighted by Gasteiger charge is -2.11. The topological polar surface area (TPSA) is 81.7 Å². The molecular weight excluding hydrogens is 306 g/mol. The molecule has 0 bridgehead atoms. The van der Waals surface area contributed by atoms with Crippen LogP contribution < -0.4 is 14.8 Å². The number of hydrogen-bond donors (Lipinski definition) is 1. The summed E-state index contributed by atoms with van der Waals surface area (Å²) in [4.78, 5) is 12.0. The minimum Gasteiger partial charge on any atom is -0.454 e. The van der Waals surface area contributed by atoms with Gasteiger partial charge in [0.25, 0.3) is 0 Å². The van der Waals surface area contributed by atoms with Crippen molar-refractivity contribution in [2.45, 2.75) is 6.42 Å². The molecule has 108 valence electrons. The highest BCUT2D eigenvalue weighted by Gasteiger charge is 2.33. The van der Waals surface area contributed by atoms with Crippen LogP contribution in [-0.4, -0.2) is 32.6 Å². The van der Waals surface area contributed by atoms with Gasteiger partial charge >= 0.3 is 0 Å². The highest BCUT2D eigenvalue weighted by Crippen LogP contribution is 2.39. The molecular formula is C12H12ClNO5S. The number of hydrogen-bond acceptors (Lipinski definition) is 5. The maximum absolute atomic E-state index is 12.0. The summed E-state index contributed by atoms with van der Waals surface area (Å²) >= 11 is 6.05. The zero-order valence-electron chi connectivity index (χ0n) is 10.4. The number of fused-ring (bicyclic) bond motifs is 1. The molecule has 0 saturated carbocycles. The second-order valence-corrected chi connectivity index (χ2v) is 7.41. The van der Waals surface area contributed by atoms with Gasteiger partial charge < -0.3 is 14.8 Å². The highest BCUT2D eigenvalue weighted by molar-refractivity contribution is 7.91. The van der Waals surface area contributed by atoms with Crippen molar-refractivity contribution in [1.29, 1.82) is 0 Å². The van der Waals surface area contributed by atoms with Crippen LogP contribution in [0.25, 0.3) is 0 Å². The van der Waals surface area contributed by atoms with Gasteiger partial charge in [-0.15, -0.1) is 0 Å². The van der Waals surface area contributed by atoms with Crippen LogP contribution in [0.15, 0.2) is 12.1 Å². The minimum atomic E-state index is -3.09. The van der Waals surface area contributed by atoms with E-state index in [0.717, 1.165) is 0 Å². The van der Waals surface area contributed by atoms with Gasteiger partial charge in [-0.3, -0.25) is 4.79 Å². The Bertz CT molecular complexity index is 673. The number of carbonyl (C=O) groups is 1. The van der Waals surface area contributed by atoms with Gasteiger partial charge in [-0.2, -0.15) is 0 Å². The molecule has 0 aliphatic carbocycles. The Kier molecular flexibility index (Phi) is 3.25. The van der Waals surface area contributed by atoms with E-state index < -0.39 is 15.8 Å². The van der Waals surface area contributed by atoms with Crippen LogP contribution >= 0.6 is 11.6 Å². The number of nitrogens with one attached hydrogen (secondary N) is 1. The molecule has 0 aromatic heterocycles. The molecule has 1 saturated heterocycles. The van der Waals surface area contributed by atoms with E-state index >= 15 is 0 Å². The molecule has 2 aliphatic heterocycles. The first-order chi connectivity index (χ1) is 9.44. The van der Waals surface area contributed by atoms with E-state index in [2.05, 4.69) is 5.32 Å². The van der Waals surface area contributed by atoms with Gasteiger partial charge in [-0.05, 0) is 6.42 Å². The maximum Gasteiger partial charge on any atom is 0.231 e. The SMILES string of the molecule is O=C(Nc1cc2c(cc1Cl)OCO2)[C@H]1CCS(=O)(=O)C1. The Morgan fingerprint density at radius 1 is 1.30 bits per heavy atom. The van der Waals surface area contributed by atoms with Crippen molar-refractivity contribution in [2.75, 3.05) is 23.6 Å². The molecule has 1 amide bonds. The lowest BCUT2D eigenvalue weighted by molar-refractivity contribution is -0.119. The summed E-state index contributed by atoms with van der Waals surface area (Å²) in [5.41, 5.74) is 0.394. The van der Waals surface area contributed by atoms with Crippen LogP contribution in [0.4, 0.5) is 5.69 Å². The van der Waals surface area contributed by atoms with Gasteiger partial charge in [0.2, 0.25) is 12.7 Å². The average Bonchev–Trinajstić information content (AvgIpc) is 2.95. The first kappa shape index (κ1) is 13.5. The minimum absolute atomic E-state index is 0.0555. The summed E-state index contributed by atoms with van der Waals surface area (Å²) in [7, 11) is -3.09. The molecule has 6 nitrogen and oxygen atoms in total. The van der Waals surface area contributed by atoms with Crippen LogP contribution in [0.1, 0.15) is 6.42 Å². The van der Waals surface area contributed by atoms with Gasteiger partial charge in [0.1, 0.15) is 0 Å². The molecule has 1 aromatic rings. The molecule has 1 aromatic carbocycles. The monoisotopic (exact) mass is 317 g/mol. The standard InChI is InChI=1S/C12H12ClNO5S/c13-8-3-10-11(19-6-18-10)4-9(8)14-12(15)7-1-2-20(16,17)5-7/h3-4,7H,1-2,5-6H2,(H,14,15)/t7-/m0/s1. The predicted molar refractivity (Wildman–Crippen MR) is 73.0 cm³/mol. The van der Waals surface area contributed by atoms with E-state index in [-0.39, 0.29) is 24.2 Å². The molecule has 0 radical (unpaired) electrons. The summed E-state index contributed by atoms with van der Waals surface area (Å²) < 4.78 is 33.1. The van der Waals surface area contributed by atoms with E-state index in [1.807, 2.05) is 0 Å². The average molecular weight is 318 g/mol. The van der Waals surface area contributed by atoms with Gasteiger partial charge in [-0.1, -0.05) is 11.6 Å². The number of carbonyl (C=O) groups excluding carboxylic acids is 1. The third-order valence-electron chi connectivity index (χ3n) is 3.32. The Morgan fingerprint density at radius 2 is 2.00 bits per heavy atom. The molecule has 1 atom stereocenters. The fourth-order valence-electron chi connectivity index (χ4n) is 2.25. The van der Waals surface area contributed by atoms with Crippen LogP contribution in [0.3, 0.4) is 0 Å². The van der Waals surface area contributed by atoms with E-state index in [0.29, 0.717) is 28.6 Å². The molecule has 0 spiro atoms. The van der Waals surface area contributed by atoms with Crippen molar-refractivity contribution in [1.82, 2.24) is 0 Å². The second kappa shape index (κ2) is 4.82. The third-order valence-corrected chi connectivity index (χ3v) is 5.40. The highest BCUT2D eigenvalue weighted by atomic mass is 35.5. The van der Waals surface area contributed by atoms with E-state index in [4.69, 9.17) is 21.1 Å². The van der Waals surface area contributed by atoms with Gasteiger partial charge in [-0.25, -0.2) is 8.42 Å². The molecule has 20 heavy (non-hydrogen) atoms. The summed E-state index contributed by atoms with van der Waals surface area (Å²) in [6.45, 7) is 0.115. The Balaban J connectivity index is 1.77. The predicted octanol–water partition coefficient (Wildman–Crippen LogP) is 1.44. The largest absolute Gasteiger partial charge is 0.454 e. The van der Waals surface area contributed by atoms with Gasteiger partial charge in [0, 0.05) is 12.1 Å². The van der Waals surface area contributed by atoms with Crippen LogP contribution in [0.2, 0.25) is 5.02 Å². The first-order valence-corrected chi connectivity index (χ1v) is 8.25. The lowest BCUT2D eigenvalue weighted by Crippen LogP contribution is -2.23. The number of halogens is 1. The van der Waals surface area contributed by atoms with Crippen molar-refractivity contribution in [3.05, 3.63) is 17.2 Å². The normalized spacial score (nSPS) is 22.8. The smallest absolute Gasteiger partial charge is 0.231 e. The van der Waals surface area contributed by atoms with Gasteiger partial charge in [0.05, 0.1) is 28.1 Å². The number of rotatable bonds is 2. The zero-order chi connectivity index (χ0) is 14.3. The van der Waals surface area contributed by atoms with Crippen molar-refractivity contribution >= 4 is 33.0 Å². The second-order valence-electron chi connectivity index (χ2n) is 4.77. The number of ether oxygens (including phenoxy) is 2. The van der Waals surface area contributed by atoms with Crippen molar-refractivity contribution in [2.24, 2.45) is 5.92 Å². The molecule has 0 unspecified atom stereocenters. The Morgan fingerprint density at radius 3 is 2.65 bits per heavy atom. The number of amides is 1. The van der Waals surface area contributed by atoms with E-state index in [9.17, 15) is 13.2 Å². The first-order valence-electron chi connectivity index (χ1n) is 6.05. The van der Waals surface area contributed by atoms with Crippen LogP contribution in [-0.2, 0) is 14.6 Å². The fraction of sp³-hybridized carbons (Fsp3) is 0.417. The fourth-order valence-corrected chi connectivity index (χ4v) is 4.19. The third kappa shape index (κ3) is 2.55. The summed E-state index contributed by atoms with van der Waals surface area (Å²) in [5.74, 6) is 0.106. The van der Waals surface area contributed by atoms with E-state index in [1.165, 1.54) is 0 Å². The quantitative estimate of drug-likeness (QED) is 0.892. The molecule has 8 heteroatoms. The van der Waals surface area contributed by atoms with E-state index in [1.54, 1.807) is 12.1 Å². The summed E-state index contributed by atoms with van der Waals surface area (Å²) in [6, 6.07) is 3.14. The Hall–Kier alpha value is -1.47. The van der Waals surface area contributed by atoms with Gasteiger partial charge in [0.15, 0.2) is 21.3 Å².